The molecule has 0 unspecified atom stereocenters. The predicted molar refractivity (Wildman–Crippen MR) is 60.1 cm³/mol. The third-order valence-corrected chi connectivity index (χ3v) is 3.36. The minimum Gasteiger partial charge on any atom is -0.207 e. The molecule has 0 atom stereocenters. The summed E-state index contributed by atoms with van der Waals surface area (Å²) in [6, 6.07) is 8.48. The van der Waals surface area contributed by atoms with Crippen LogP contribution in [0.25, 0.3) is 0 Å². The van der Waals surface area contributed by atoms with Crippen molar-refractivity contribution < 1.29 is 8.87 Å². The van der Waals surface area contributed by atoms with E-state index in [2.05, 4.69) is 6.07 Å². The van der Waals surface area contributed by atoms with Crippen LogP contribution in [0.15, 0.2) is 24.3 Å². The lowest BCUT2D eigenvalue weighted by molar-refractivity contribution is -0.0219. The van der Waals surface area contributed by atoms with Crippen molar-refractivity contribution in [3.05, 3.63) is 35.6 Å². The summed E-state index contributed by atoms with van der Waals surface area (Å²) >= 11 is 0. The Morgan fingerprint density at radius 1 is 1.24 bits per heavy atom. The van der Waals surface area contributed by atoms with E-state index >= 15 is 0 Å². The Balaban J connectivity index is 2.10. The van der Waals surface area contributed by atoms with Crippen molar-refractivity contribution >= 4 is 0 Å². The summed E-state index contributed by atoms with van der Waals surface area (Å²) in [7, 11) is 0. The van der Waals surface area contributed by atoms with Gasteiger partial charge >= 0.3 is 0 Å². The Hall–Kier alpha value is -1.47. The summed E-state index contributed by atoms with van der Waals surface area (Å²) in [5.74, 6) is -0.279. The zero-order valence-corrected chi connectivity index (χ0v) is 9.50. The monoisotopic (exact) mass is 236 g/mol. The smallest absolute Gasteiger partial charge is 0.123 e. The molecule has 2 rings (SSSR count). The van der Waals surface area contributed by atoms with Crippen molar-refractivity contribution in [2.45, 2.75) is 19.3 Å². The lowest BCUT2D eigenvalue weighted by atomic mass is 9.75. The zero-order valence-electron chi connectivity index (χ0n) is 9.50. The molecule has 1 heterocycles. The fourth-order valence-corrected chi connectivity index (χ4v) is 2.23. The van der Waals surface area contributed by atoms with Gasteiger partial charge in [0.1, 0.15) is 5.82 Å². The van der Waals surface area contributed by atoms with E-state index in [1.165, 1.54) is 12.1 Å². The molecular formula is C13H14F2N2. The number of rotatable bonds is 2. The number of hydrogen-bond donors (Lipinski definition) is 0. The number of hydrogen-bond acceptors (Lipinski definition) is 2. The number of nitriles is 1. The molecule has 2 nitrogen and oxygen atoms in total. The van der Waals surface area contributed by atoms with Crippen molar-refractivity contribution in [2.75, 3.05) is 13.1 Å². The van der Waals surface area contributed by atoms with Crippen LogP contribution < -0.4 is 0 Å². The largest absolute Gasteiger partial charge is 0.207 e. The molecule has 1 fully saturated rings. The first-order valence-corrected chi connectivity index (χ1v) is 5.70. The Labute approximate surface area is 99.4 Å². The highest BCUT2D eigenvalue weighted by atomic mass is 19.2. The first-order chi connectivity index (χ1) is 8.13. The highest BCUT2D eigenvalue weighted by Gasteiger charge is 2.35. The van der Waals surface area contributed by atoms with Crippen LogP contribution >= 0.6 is 0 Å². The van der Waals surface area contributed by atoms with Gasteiger partial charge in [-0.1, -0.05) is 12.1 Å². The third kappa shape index (κ3) is 2.80. The van der Waals surface area contributed by atoms with E-state index in [9.17, 15) is 14.1 Å². The summed E-state index contributed by atoms with van der Waals surface area (Å²) < 4.78 is 25.7. The van der Waals surface area contributed by atoms with Crippen molar-refractivity contribution in [2.24, 2.45) is 5.41 Å². The Morgan fingerprint density at radius 2 is 1.82 bits per heavy atom. The summed E-state index contributed by atoms with van der Waals surface area (Å²) in [6.45, 7) is 0.601. The molecule has 1 aliphatic rings. The second kappa shape index (κ2) is 4.80. The van der Waals surface area contributed by atoms with Gasteiger partial charge in [0, 0.05) is 13.1 Å². The van der Waals surface area contributed by atoms with E-state index in [1.54, 1.807) is 12.1 Å². The molecule has 0 radical (unpaired) electrons. The molecule has 0 N–H and O–H groups in total. The highest BCUT2D eigenvalue weighted by molar-refractivity contribution is 5.20. The van der Waals surface area contributed by atoms with E-state index in [-0.39, 0.29) is 5.82 Å². The highest BCUT2D eigenvalue weighted by Crippen LogP contribution is 2.34. The first-order valence-electron chi connectivity index (χ1n) is 5.70. The molecular weight excluding hydrogens is 222 g/mol. The van der Waals surface area contributed by atoms with Gasteiger partial charge in [-0.15, -0.1) is 9.60 Å². The average Bonchev–Trinajstić information content (AvgIpc) is 2.35. The topological polar surface area (TPSA) is 27.0 Å². The van der Waals surface area contributed by atoms with Crippen molar-refractivity contribution in [1.82, 2.24) is 5.12 Å². The SMILES string of the molecule is N#CC1(Cc2ccc(F)cc2)CCN(F)CC1. The third-order valence-electron chi connectivity index (χ3n) is 3.36. The first kappa shape index (κ1) is 12.0. The molecule has 4 heteroatoms. The number of benzene rings is 1. The van der Waals surface area contributed by atoms with Gasteiger partial charge in [0.25, 0.3) is 0 Å². The maximum Gasteiger partial charge on any atom is 0.123 e. The van der Waals surface area contributed by atoms with Gasteiger partial charge in [-0.25, -0.2) is 4.39 Å². The van der Waals surface area contributed by atoms with Crippen molar-refractivity contribution in [3.63, 3.8) is 0 Å². The van der Waals surface area contributed by atoms with Gasteiger partial charge in [0.2, 0.25) is 0 Å². The summed E-state index contributed by atoms with van der Waals surface area (Å²) in [5.41, 5.74) is 0.431. The second-order valence-corrected chi connectivity index (χ2v) is 4.61. The van der Waals surface area contributed by atoms with Crippen molar-refractivity contribution in [3.8, 4) is 6.07 Å². The van der Waals surface area contributed by atoms with Gasteiger partial charge in [-0.2, -0.15) is 5.26 Å². The normalized spacial score (nSPS) is 19.8. The Morgan fingerprint density at radius 3 is 2.35 bits per heavy atom. The minimum absolute atomic E-state index is 0.279. The van der Waals surface area contributed by atoms with Gasteiger partial charge < -0.3 is 0 Å². The number of halogens is 2. The fraction of sp³-hybridized carbons (Fsp3) is 0.462. The van der Waals surface area contributed by atoms with Crippen LogP contribution in [0.5, 0.6) is 0 Å². The van der Waals surface area contributed by atoms with Crippen LogP contribution in [-0.2, 0) is 6.42 Å². The van der Waals surface area contributed by atoms with Crippen LogP contribution in [-0.4, -0.2) is 18.2 Å². The van der Waals surface area contributed by atoms with Crippen LogP contribution in [0, 0.1) is 22.6 Å². The lowest BCUT2D eigenvalue weighted by Crippen LogP contribution is -2.36. The van der Waals surface area contributed by atoms with Crippen LogP contribution in [0.2, 0.25) is 0 Å². The molecule has 0 spiro atoms. The van der Waals surface area contributed by atoms with E-state index < -0.39 is 5.41 Å². The number of piperidine rings is 1. The zero-order chi connectivity index (χ0) is 12.3. The van der Waals surface area contributed by atoms with E-state index in [1.807, 2.05) is 0 Å². The molecule has 0 aromatic heterocycles. The average molecular weight is 236 g/mol. The Kier molecular flexibility index (Phi) is 3.39. The van der Waals surface area contributed by atoms with Crippen LogP contribution in [0.1, 0.15) is 18.4 Å². The second-order valence-electron chi connectivity index (χ2n) is 4.61. The molecule has 1 aromatic carbocycles. The summed E-state index contributed by atoms with van der Waals surface area (Å²) in [5, 5.41) is 10.0. The van der Waals surface area contributed by atoms with Crippen LogP contribution in [0.3, 0.4) is 0 Å². The molecule has 0 aliphatic carbocycles. The molecule has 17 heavy (non-hydrogen) atoms. The molecule has 1 aliphatic heterocycles. The molecule has 0 saturated carbocycles. The molecule has 1 aromatic rings. The standard InChI is InChI=1S/C13H14F2N2/c14-12-3-1-11(2-4-12)9-13(10-16)5-7-17(15)8-6-13/h1-4H,5-9H2. The summed E-state index contributed by atoms with van der Waals surface area (Å²) in [6.07, 6.45) is 1.62. The maximum atomic E-state index is 12.9. The van der Waals surface area contributed by atoms with Gasteiger partial charge in [0.15, 0.2) is 0 Å². The van der Waals surface area contributed by atoms with Crippen LogP contribution in [0.4, 0.5) is 8.87 Å². The van der Waals surface area contributed by atoms with E-state index in [0.29, 0.717) is 32.4 Å². The molecule has 90 valence electrons. The Bertz CT molecular complexity index is 414. The quantitative estimate of drug-likeness (QED) is 0.738. The number of nitrogens with zero attached hydrogens (tertiary/aromatic N) is 2. The van der Waals surface area contributed by atoms with Gasteiger partial charge in [0.05, 0.1) is 11.5 Å². The predicted octanol–water partition coefficient (Wildman–Crippen LogP) is 2.86. The maximum absolute atomic E-state index is 12.9. The summed E-state index contributed by atoms with van der Waals surface area (Å²) in [4.78, 5) is 0. The van der Waals surface area contributed by atoms with Crippen molar-refractivity contribution in [1.29, 1.82) is 5.26 Å². The minimum atomic E-state index is -0.500. The molecule has 0 bridgehead atoms. The molecule has 0 amide bonds. The fourth-order valence-electron chi connectivity index (χ4n) is 2.23. The van der Waals surface area contributed by atoms with Gasteiger partial charge in [-0.3, -0.25) is 0 Å². The molecule has 1 saturated heterocycles. The lowest BCUT2D eigenvalue weighted by Gasteiger charge is -2.33. The van der Waals surface area contributed by atoms with Gasteiger partial charge in [-0.05, 0) is 37.0 Å². The van der Waals surface area contributed by atoms with E-state index in [0.717, 1.165) is 10.7 Å². The van der Waals surface area contributed by atoms with E-state index in [4.69, 9.17) is 0 Å².